The van der Waals surface area contributed by atoms with Crippen LogP contribution in [0.3, 0.4) is 0 Å². The smallest absolute Gasteiger partial charge is 0.352 e. The molecule has 0 aliphatic carbocycles. The van der Waals surface area contributed by atoms with Crippen LogP contribution in [0.5, 0.6) is 0 Å². The highest BCUT2D eigenvalue weighted by molar-refractivity contribution is 8.01. The Labute approximate surface area is 196 Å². The Morgan fingerprint density at radius 1 is 1.38 bits per heavy atom. The molecule has 1 aromatic heterocycles. The average Bonchev–Trinajstić information content (AvgIpc) is 3.19. The zero-order valence-electron chi connectivity index (χ0n) is 16.7. The lowest BCUT2D eigenvalue weighted by Gasteiger charge is -2.49. The van der Waals surface area contributed by atoms with Crippen LogP contribution in [0.15, 0.2) is 45.2 Å². The molecule has 2 aromatic rings. The quantitative estimate of drug-likeness (QED) is 0.390. The standard InChI is InChI=1S/C19H18ClN5O5S2/c1-9-23-24-19(30-9)32-8-11-7-31-16-13(15(26)25(16)14(11)17(27)28)22-18(29)21-6-10-4-2-3-5-12(10)20/h2-5,13,16H,6-8H2,1H3,(H,27,28)(H2,21,22,29)/t13?,16-/m1/s1. The predicted octanol–water partition coefficient (Wildman–Crippen LogP) is 2.25. The van der Waals surface area contributed by atoms with Crippen LogP contribution in [-0.2, 0) is 16.1 Å². The Hall–Kier alpha value is -2.70. The van der Waals surface area contributed by atoms with E-state index in [0.29, 0.717) is 33.2 Å². The van der Waals surface area contributed by atoms with E-state index in [9.17, 15) is 19.5 Å². The van der Waals surface area contributed by atoms with Crippen LogP contribution < -0.4 is 10.6 Å². The molecule has 2 aliphatic rings. The number of carboxylic acid groups (broad SMARTS) is 1. The number of aromatic nitrogens is 2. The Kier molecular flexibility index (Phi) is 6.63. The fraction of sp³-hybridized carbons (Fsp3) is 0.316. The van der Waals surface area contributed by atoms with E-state index in [1.807, 2.05) is 6.07 Å². The highest BCUT2D eigenvalue weighted by Gasteiger charge is 2.54. The number of aryl methyl sites for hydroxylation is 1. The van der Waals surface area contributed by atoms with Gasteiger partial charge in [0.05, 0.1) is 0 Å². The maximum Gasteiger partial charge on any atom is 0.352 e. The van der Waals surface area contributed by atoms with E-state index < -0.39 is 29.3 Å². The summed E-state index contributed by atoms with van der Waals surface area (Å²) in [5.41, 5.74) is 1.26. The molecule has 0 radical (unpaired) electrons. The highest BCUT2D eigenvalue weighted by atomic mass is 35.5. The van der Waals surface area contributed by atoms with E-state index in [1.54, 1.807) is 25.1 Å². The Balaban J connectivity index is 1.38. The summed E-state index contributed by atoms with van der Waals surface area (Å²) in [4.78, 5) is 38.1. The van der Waals surface area contributed by atoms with Crippen LogP contribution >= 0.6 is 35.1 Å². The third-order valence-corrected chi connectivity index (χ3v) is 7.42. The average molecular weight is 496 g/mol. The first-order valence-electron chi connectivity index (χ1n) is 9.46. The number of hydrogen-bond donors (Lipinski definition) is 3. The van der Waals surface area contributed by atoms with Gasteiger partial charge in [-0.05, 0) is 17.2 Å². The number of carbonyl (C=O) groups excluding carboxylic acids is 2. The first kappa shape index (κ1) is 22.5. The zero-order chi connectivity index (χ0) is 22.8. The number of benzene rings is 1. The van der Waals surface area contributed by atoms with Gasteiger partial charge in [-0.3, -0.25) is 9.69 Å². The van der Waals surface area contributed by atoms with Gasteiger partial charge in [-0.25, -0.2) is 9.59 Å². The van der Waals surface area contributed by atoms with Crippen LogP contribution in [0.1, 0.15) is 11.5 Å². The third-order valence-electron chi connectivity index (χ3n) is 4.81. The van der Waals surface area contributed by atoms with Gasteiger partial charge in [-0.1, -0.05) is 41.6 Å². The number of rotatable bonds is 7. The summed E-state index contributed by atoms with van der Waals surface area (Å²) in [6, 6.07) is 5.76. The van der Waals surface area contributed by atoms with Gasteiger partial charge in [0, 0.05) is 30.0 Å². The van der Waals surface area contributed by atoms with E-state index in [2.05, 4.69) is 20.8 Å². The monoisotopic (exact) mass is 495 g/mol. The minimum Gasteiger partial charge on any atom is -0.477 e. The molecule has 3 N–H and O–H groups in total. The van der Waals surface area contributed by atoms with Gasteiger partial charge in [0.25, 0.3) is 11.1 Å². The Bertz CT molecular complexity index is 1110. The Morgan fingerprint density at radius 3 is 2.84 bits per heavy atom. The minimum atomic E-state index is -1.19. The molecule has 4 rings (SSSR count). The first-order valence-corrected chi connectivity index (χ1v) is 11.9. The van der Waals surface area contributed by atoms with Crippen molar-refractivity contribution >= 4 is 53.0 Å². The van der Waals surface area contributed by atoms with Crippen LogP contribution in [0.4, 0.5) is 4.79 Å². The summed E-state index contributed by atoms with van der Waals surface area (Å²) in [6.45, 7) is 1.86. The number of fused-ring (bicyclic) bond motifs is 1. The van der Waals surface area contributed by atoms with E-state index in [4.69, 9.17) is 16.0 Å². The third kappa shape index (κ3) is 4.57. The first-order chi connectivity index (χ1) is 15.3. The van der Waals surface area contributed by atoms with Crippen LogP contribution in [0, 0.1) is 6.92 Å². The summed E-state index contributed by atoms with van der Waals surface area (Å²) in [6.07, 6.45) is 0. The molecule has 13 heteroatoms. The molecule has 2 atom stereocenters. The van der Waals surface area contributed by atoms with Gasteiger partial charge in [0.15, 0.2) is 0 Å². The van der Waals surface area contributed by atoms with E-state index in [1.165, 1.54) is 28.4 Å². The SMILES string of the molecule is Cc1nnc(SCC2=C(C(=O)O)N3C(=O)C(NC(=O)NCc4ccccc4Cl)[C@H]3SC2)o1. The van der Waals surface area contributed by atoms with E-state index in [-0.39, 0.29) is 12.2 Å². The molecule has 1 saturated heterocycles. The topological polar surface area (TPSA) is 138 Å². The van der Waals surface area contributed by atoms with Gasteiger partial charge in [-0.2, -0.15) is 0 Å². The number of halogens is 1. The molecule has 0 saturated carbocycles. The van der Waals surface area contributed by atoms with Gasteiger partial charge < -0.3 is 20.2 Å². The van der Waals surface area contributed by atoms with Crippen molar-refractivity contribution in [3.8, 4) is 0 Å². The number of carboxylic acids is 1. The molecule has 3 heterocycles. The molecule has 32 heavy (non-hydrogen) atoms. The van der Waals surface area contributed by atoms with Crippen LogP contribution in [0.2, 0.25) is 5.02 Å². The number of aliphatic carboxylic acids is 1. The summed E-state index contributed by atoms with van der Waals surface area (Å²) in [5, 5.41) is 23.0. The fourth-order valence-electron chi connectivity index (χ4n) is 3.29. The van der Waals surface area contributed by atoms with E-state index >= 15 is 0 Å². The lowest BCUT2D eigenvalue weighted by Crippen LogP contribution is -2.71. The molecule has 2 aliphatic heterocycles. The molecule has 10 nitrogen and oxygen atoms in total. The fourth-order valence-corrected chi connectivity index (χ4v) is 5.78. The molecule has 3 amide bonds. The maximum atomic E-state index is 12.7. The van der Waals surface area contributed by atoms with Crippen LogP contribution in [0.25, 0.3) is 0 Å². The van der Waals surface area contributed by atoms with E-state index in [0.717, 1.165) is 5.56 Å². The van der Waals surface area contributed by atoms with Crippen LogP contribution in [-0.4, -0.2) is 61.0 Å². The molecular formula is C19H18ClN5O5S2. The summed E-state index contributed by atoms with van der Waals surface area (Å²) in [7, 11) is 0. The number of amides is 3. The molecule has 0 spiro atoms. The van der Waals surface area contributed by atoms with Crippen molar-refractivity contribution in [3.63, 3.8) is 0 Å². The van der Waals surface area contributed by atoms with Crippen molar-refractivity contribution in [1.82, 2.24) is 25.7 Å². The van der Waals surface area contributed by atoms with Crippen molar-refractivity contribution in [1.29, 1.82) is 0 Å². The van der Waals surface area contributed by atoms with Crippen molar-refractivity contribution in [2.75, 3.05) is 11.5 Å². The number of hydrogen-bond acceptors (Lipinski definition) is 8. The number of nitrogens with zero attached hydrogens (tertiary/aromatic N) is 3. The largest absolute Gasteiger partial charge is 0.477 e. The zero-order valence-corrected chi connectivity index (χ0v) is 19.1. The second-order valence-corrected chi connectivity index (χ2v) is 9.38. The molecule has 1 unspecified atom stereocenters. The van der Waals surface area contributed by atoms with Gasteiger partial charge in [0.2, 0.25) is 5.89 Å². The maximum absolute atomic E-state index is 12.7. The molecule has 168 valence electrons. The van der Waals surface area contributed by atoms with Gasteiger partial charge >= 0.3 is 12.0 Å². The second-order valence-electron chi connectivity index (χ2n) is 6.94. The van der Waals surface area contributed by atoms with Gasteiger partial charge in [0.1, 0.15) is 17.1 Å². The lowest BCUT2D eigenvalue weighted by molar-refractivity contribution is -0.148. The molecule has 1 aromatic carbocycles. The lowest BCUT2D eigenvalue weighted by atomic mass is 10.0. The number of nitrogens with one attached hydrogen (secondary N) is 2. The normalized spacial score (nSPS) is 19.9. The molecular weight excluding hydrogens is 478 g/mol. The minimum absolute atomic E-state index is 0.0583. The van der Waals surface area contributed by atoms with Crippen molar-refractivity contribution < 1.29 is 23.9 Å². The van der Waals surface area contributed by atoms with Crippen molar-refractivity contribution in [3.05, 3.63) is 52.0 Å². The Morgan fingerprint density at radius 2 is 2.16 bits per heavy atom. The van der Waals surface area contributed by atoms with Gasteiger partial charge in [-0.15, -0.1) is 22.0 Å². The highest BCUT2D eigenvalue weighted by Crippen LogP contribution is 2.41. The second kappa shape index (κ2) is 9.43. The summed E-state index contributed by atoms with van der Waals surface area (Å²) in [5.74, 6) is -0.553. The predicted molar refractivity (Wildman–Crippen MR) is 118 cm³/mol. The summed E-state index contributed by atoms with van der Waals surface area (Å²) >= 11 is 8.68. The molecule has 1 fully saturated rings. The summed E-state index contributed by atoms with van der Waals surface area (Å²) < 4.78 is 5.30. The number of carbonyl (C=O) groups is 3. The number of thioether (sulfide) groups is 2. The number of urea groups is 1. The van der Waals surface area contributed by atoms with Crippen molar-refractivity contribution in [2.45, 2.75) is 30.1 Å². The molecule has 0 bridgehead atoms. The van der Waals surface area contributed by atoms with Crippen molar-refractivity contribution in [2.24, 2.45) is 0 Å². The number of β-lactam (4-membered cyclic amide) rings is 1.